The lowest BCUT2D eigenvalue weighted by Gasteiger charge is -2.14. The second-order valence-corrected chi connectivity index (χ2v) is 5.42. The van der Waals surface area contributed by atoms with Crippen molar-refractivity contribution in [3.63, 3.8) is 0 Å². The minimum Gasteiger partial charge on any atom is -0.475 e. The lowest BCUT2D eigenvalue weighted by molar-refractivity contribution is -0.386. The van der Waals surface area contributed by atoms with Gasteiger partial charge in [-0.25, -0.2) is 4.79 Å². The zero-order chi connectivity index (χ0) is 18.6. The molecule has 0 amide bonds. The van der Waals surface area contributed by atoms with E-state index in [1.165, 1.54) is 26.2 Å². The Labute approximate surface area is 144 Å². The molecule has 25 heavy (non-hydrogen) atoms. The van der Waals surface area contributed by atoms with Crippen LogP contribution in [-0.4, -0.2) is 29.9 Å². The van der Waals surface area contributed by atoms with Crippen LogP contribution in [0.2, 0.25) is 0 Å². The Morgan fingerprint density at radius 3 is 2.24 bits per heavy atom. The first-order chi connectivity index (χ1) is 11.8. The van der Waals surface area contributed by atoms with E-state index in [1.807, 2.05) is 6.92 Å². The number of carbonyl (C=O) groups is 2. The first-order valence-electron chi connectivity index (χ1n) is 7.47. The number of ether oxygens (including phenoxy) is 2. The van der Waals surface area contributed by atoms with E-state index in [4.69, 9.17) is 4.74 Å². The number of ketones is 1. The van der Waals surface area contributed by atoms with Crippen molar-refractivity contribution in [2.24, 2.45) is 0 Å². The summed E-state index contributed by atoms with van der Waals surface area (Å²) in [7, 11) is 1.18. The number of hydrogen-bond acceptors (Lipinski definition) is 6. The Morgan fingerprint density at radius 2 is 1.68 bits per heavy atom. The van der Waals surface area contributed by atoms with Crippen LogP contribution >= 0.6 is 0 Å². The molecule has 0 N–H and O–H groups in total. The SMILES string of the molecule is COC(=O)c1ccc(O[C@@H](C)C(=O)c2ccc(C)cc2)c([N+](=O)[O-])c1. The summed E-state index contributed by atoms with van der Waals surface area (Å²) in [5, 5.41) is 11.2. The van der Waals surface area contributed by atoms with Gasteiger partial charge in [-0.15, -0.1) is 0 Å². The summed E-state index contributed by atoms with van der Waals surface area (Å²) in [4.78, 5) is 34.5. The Hall–Kier alpha value is -3.22. The number of methoxy groups -OCH3 is 1. The minimum atomic E-state index is -0.926. The van der Waals surface area contributed by atoms with Crippen LogP contribution in [0.4, 0.5) is 5.69 Å². The van der Waals surface area contributed by atoms with Crippen molar-refractivity contribution in [1.82, 2.24) is 0 Å². The molecule has 0 unspecified atom stereocenters. The number of hydrogen-bond donors (Lipinski definition) is 0. The van der Waals surface area contributed by atoms with Gasteiger partial charge in [0.25, 0.3) is 0 Å². The standard InChI is InChI=1S/C18H17NO6/c1-11-4-6-13(7-5-11)17(20)12(2)25-16-9-8-14(18(21)24-3)10-15(16)19(22)23/h4-10,12H,1-3H3/t12-/m0/s1. The van der Waals surface area contributed by atoms with E-state index in [1.54, 1.807) is 24.3 Å². The molecular formula is C18H17NO6. The van der Waals surface area contributed by atoms with Crippen molar-refractivity contribution < 1.29 is 24.0 Å². The van der Waals surface area contributed by atoms with Crippen molar-refractivity contribution in [1.29, 1.82) is 0 Å². The minimum absolute atomic E-state index is 0.0269. The van der Waals surface area contributed by atoms with Gasteiger partial charge < -0.3 is 9.47 Å². The maximum atomic E-state index is 12.4. The highest BCUT2D eigenvalue weighted by Gasteiger charge is 2.24. The molecule has 7 heteroatoms. The lowest BCUT2D eigenvalue weighted by Crippen LogP contribution is -2.24. The van der Waals surface area contributed by atoms with Gasteiger partial charge in [-0.3, -0.25) is 14.9 Å². The van der Waals surface area contributed by atoms with Crippen molar-refractivity contribution in [2.75, 3.05) is 7.11 Å². The number of aryl methyl sites for hydroxylation is 1. The number of rotatable bonds is 6. The van der Waals surface area contributed by atoms with Gasteiger partial charge in [0.05, 0.1) is 17.6 Å². The summed E-state index contributed by atoms with van der Waals surface area (Å²) in [5.41, 5.74) is 1.08. The molecule has 1 atom stereocenters. The van der Waals surface area contributed by atoms with Gasteiger partial charge in [-0.1, -0.05) is 29.8 Å². The zero-order valence-corrected chi connectivity index (χ0v) is 14.0. The fourth-order valence-electron chi connectivity index (χ4n) is 2.20. The maximum absolute atomic E-state index is 12.4. The number of benzene rings is 2. The highest BCUT2D eigenvalue weighted by atomic mass is 16.6. The van der Waals surface area contributed by atoms with Crippen molar-refractivity contribution in [3.8, 4) is 5.75 Å². The van der Waals surface area contributed by atoms with E-state index in [-0.39, 0.29) is 17.1 Å². The van der Waals surface area contributed by atoms with E-state index in [9.17, 15) is 19.7 Å². The van der Waals surface area contributed by atoms with Crippen LogP contribution in [0, 0.1) is 17.0 Å². The monoisotopic (exact) mass is 343 g/mol. The van der Waals surface area contributed by atoms with Gasteiger partial charge in [-0.05, 0) is 26.0 Å². The largest absolute Gasteiger partial charge is 0.475 e. The van der Waals surface area contributed by atoms with Crippen LogP contribution in [0.15, 0.2) is 42.5 Å². The Morgan fingerprint density at radius 1 is 1.08 bits per heavy atom. The van der Waals surface area contributed by atoms with Gasteiger partial charge in [-0.2, -0.15) is 0 Å². The van der Waals surface area contributed by atoms with Gasteiger partial charge in [0.15, 0.2) is 11.9 Å². The molecule has 0 bridgehead atoms. The molecule has 0 aliphatic heterocycles. The predicted molar refractivity (Wildman–Crippen MR) is 90.0 cm³/mol. The number of esters is 1. The topological polar surface area (TPSA) is 95.7 Å². The van der Waals surface area contributed by atoms with Crippen molar-refractivity contribution in [2.45, 2.75) is 20.0 Å². The smallest absolute Gasteiger partial charge is 0.338 e. The second-order valence-electron chi connectivity index (χ2n) is 5.42. The number of nitro benzene ring substituents is 1. The van der Waals surface area contributed by atoms with Crippen molar-refractivity contribution >= 4 is 17.4 Å². The maximum Gasteiger partial charge on any atom is 0.338 e. The molecule has 0 aliphatic carbocycles. The highest BCUT2D eigenvalue weighted by Crippen LogP contribution is 2.29. The molecular weight excluding hydrogens is 326 g/mol. The molecule has 0 heterocycles. The van der Waals surface area contributed by atoms with Crippen LogP contribution in [0.25, 0.3) is 0 Å². The average Bonchev–Trinajstić information content (AvgIpc) is 2.61. The lowest BCUT2D eigenvalue weighted by atomic mass is 10.1. The highest BCUT2D eigenvalue weighted by molar-refractivity contribution is 5.99. The molecule has 0 radical (unpaired) electrons. The van der Waals surface area contributed by atoms with Crippen molar-refractivity contribution in [3.05, 3.63) is 69.3 Å². The second kappa shape index (κ2) is 7.57. The third-order valence-corrected chi connectivity index (χ3v) is 3.59. The van der Waals surface area contributed by atoms with Gasteiger partial charge in [0.2, 0.25) is 5.78 Å². The molecule has 2 aromatic carbocycles. The van der Waals surface area contributed by atoms with Crippen LogP contribution < -0.4 is 4.74 Å². The number of nitro groups is 1. The third kappa shape index (κ3) is 4.20. The Balaban J connectivity index is 2.26. The molecule has 0 aliphatic rings. The zero-order valence-electron chi connectivity index (χ0n) is 14.0. The molecule has 0 aromatic heterocycles. The molecule has 2 aromatic rings. The Kier molecular flexibility index (Phi) is 5.49. The summed E-state index contributed by atoms with van der Waals surface area (Å²) in [5.74, 6) is -1.09. The van der Waals surface area contributed by atoms with Gasteiger partial charge in [0, 0.05) is 11.6 Å². The molecule has 7 nitrogen and oxygen atoms in total. The molecule has 130 valence electrons. The van der Waals surface area contributed by atoms with E-state index >= 15 is 0 Å². The average molecular weight is 343 g/mol. The van der Waals surface area contributed by atoms with Gasteiger partial charge >= 0.3 is 11.7 Å². The number of Topliss-reactive ketones (excluding diaryl/α,β-unsaturated/α-hetero) is 1. The van der Waals surface area contributed by atoms with E-state index in [0.29, 0.717) is 5.56 Å². The van der Waals surface area contributed by atoms with Crippen LogP contribution in [-0.2, 0) is 4.74 Å². The molecule has 0 saturated carbocycles. The summed E-state index contributed by atoms with van der Waals surface area (Å²) in [6, 6.07) is 10.6. The van der Waals surface area contributed by atoms with Crippen LogP contribution in [0.3, 0.4) is 0 Å². The first-order valence-corrected chi connectivity index (χ1v) is 7.47. The number of carbonyl (C=O) groups excluding carboxylic acids is 2. The van der Waals surface area contributed by atoms with E-state index in [0.717, 1.165) is 11.6 Å². The first kappa shape index (κ1) is 18.1. The van der Waals surface area contributed by atoms with Crippen LogP contribution in [0.1, 0.15) is 33.2 Å². The van der Waals surface area contributed by atoms with Gasteiger partial charge in [0.1, 0.15) is 0 Å². The normalized spacial score (nSPS) is 11.5. The summed E-state index contributed by atoms with van der Waals surface area (Å²) in [6.07, 6.45) is -0.926. The summed E-state index contributed by atoms with van der Waals surface area (Å²) < 4.78 is 10.0. The fraction of sp³-hybridized carbons (Fsp3) is 0.222. The summed E-state index contributed by atoms with van der Waals surface area (Å²) >= 11 is 0. The number of nitrogens with zero attached hydrogens (tertiary/aromatic N) is 1. The molecule has 2 rings (SSSR count). The van der Waals surface area contributed by atoms with E-state index < -0.39 is 22.7 Å². The predicted octanol–water partition coefficient (Wildman–Crippen LogP) is 3.34. The fourth-order valence-corrected chi connectivity index (χ4v) is 2.20. The molecule has 0 spiro atoms. The molecule has 0 saturated heterocycles. The molecule has 0 fully saturated rings. The van der Waals surface area contributed by atoms with E-state index in [2.05, 4.69) is 4.74 Å². The Bertz CT molecular complexity index is 813. The van der Waals surface area contributed by atoms with Crippen LogP contribution in [0.5, 0.6) is 5.75 Å². The third-order valence-electron chi connectivity index (χ3n) is 3.59. The summed E-state index contributed by atoms with van der Waals surface area (Å²) in [6.45, 7) is 3.42. The quantitative estimate of drug-likeness (QED) is 0.345.